The van der Waals surface area contributed by atoms with Gasteiger partial charge in [-0.3, -0.25) is 4.79 Å². The summed E-state index contributed by atoms with van der Waals surface area (Å²) in [5.74, 6) is 0.201. The van der Waals surface area contributed by atoms with E-state index in [4.69, 9.17) is 4.74 Å². The van der Waals surface area contributed by atoms with E-state index >= 15 is 0 Å². The monoisotopic (exact) mass is 399 g/mol. The van der Waals surface area contributed by atoms with E-state index in [1.54, 1.807) is 11.6 Å². The first-order valence-electron chi connectivity index (χ1n) is 7.90. The Morgan fingerprint density at radius 3 is 2.85 bits per heavy atom. The van der Waals surface area contributed by atoms with Crippen LogP contribution in [0.4, 0.5) is 4.39 Å². The highest BCUT2D eigenvalue weighted by molar-refractivity contribution is 7.99. The van der Waals surface area contributed by atoms with Gasteiger partial charge >= 0.3 is 0 Å². The van der Waals surface area contributed by atoms with Gasteiger partial charge in [-0.05, 0) is 24.6 Å². The van der Waals surface area contributed by atoms with Crippen LogP contribution in [0.25, 0.3) is 0 Å². The van der Waals surface area contributed by atoms with E-state index in [9.17, 15) is 17.6 Å². The highest BCUT2D eigenvalue weighted by Gasteiger charge is 2.32. The number of Topliss-reactive ketones (excluding diaryl/α,β-unsaturated/α-hetero) is 1. The van der Waals surface area contributed by atoms with Gasteiger partial charge in [0.2, 0.25) is 0 Å². The second-order valence-electron chi connectivity index (χ2n) is 6.06. The van der Waals surface area contributed by atoms with Crippen molar-refractivity contribution in [2.24, 2.45) is 7.05 Å². The number of sulfone groups is 1. The van der Waals surface area contributed by atoms with Crippen molar-refractivity contribution in [2.45, 2.75) is 17.5 Å². The van der Waals surface area contributed by atoms with Crippen molar-refractivity contribution in [3.05, 3.63) is 35.4 Å². The average Bonchev–Trinajstić information content (AvgIpc) is 3.14. The fraction of sp³-hybridized carbons (Fsp3) is 0.438. The van der Waals surface area contributed by atoms with Gasteiger partial charge in [-0.25, -0.2) is 12.8 Å². The van der Waals surface area contributed by atoms with Crippen LogP contribution < -0.4 is 4.74 Å². The molecule has 0 bridgehead atoms. The van der Waals surface area contributed by atoms with Crippen molar-refractivity contribution in [3.63, 3.8) is 0 Å². The number of nitrogens with zero attached hydrogens (tertiary/aromatic N) is 3. The molecule has 1 saturated heterocycles. The number of thioether (sulfide) groups is 1. The van der Waals surface area contributed by atoms with Crippen LogP contribution in [0.1, 0.15) is 28.5 Å². The molecule has 10 heteroatoms. The first kappa shape index (κ1) is 18.8. The summed E-state index contributed by atoms with van der Waals surface area (Å²) in [5.41, 5.74) is 0.171. The number of methoxy groups -OCH3 is 1. The molecule has 1 aromatic carbocycles. The molecule has 140 valence electrons. The number of hydrogen-bond acceptors (Lipinski definition) is 7. The molecule has 1 aliphatic rings. The number of carbonyl (C=O) groups is 1. The first-order chi connectivity index (χ1) is 12.3. The Morgan fingerprint density at radius 1 is 1.42 bits per heavy atom. The Hall–Kier alpha value is -1.94. The van der Waals surface area contributed by atoms with Crippen molar-refractivity contribution >= 4 is 27.4 Å². The molecule has 1 fully saturated rings. The Morgan fingerprint density at radius 2 is 2.19 bits per heavy atom. The standard InChI is InChI=1S/C16H18FN3O4S2/c1-20-15(10-5-6-26(22,23)9-10)18-19-16(20)25-8-13(21)12-7-11(17)3-4-14(12)24-2/h3-4,7,10H,5-6,8-9H2,1-2H3/t10-/m0/s1. The third-order valence-corrected chi connectivity index (χ3v) is 7.05. The minimum Gasteiger partial charge on any atom is -0.496 e. The lowest BCUT2D eigenvalue weighted by Crippen LogP contribution is -2.10. The van der Waals surface area contributed by atoms with Gasteiger partial charge in [0, 0.05) is 13.0 Å². The van der Waals surface area contributed by atoms with Crippen LogP contribution in [0, 0.1) is 5.82 Å². The fourth-order valence-corrected chi connectivity index (χ4v) is 5.45. The summed E-state index contributed by atoms with van der Waals surface area (Å²) in [6.45, 7) is 0. The first-order valence-corrected chi connectivity index (χ1v) is 10.7. The number of ether oxygens (including phenoxy) is 1. The van der Waals surface area contributed by atoms with Crippen molar-refractivity contribution in [1.82, 2.24) is 14.8 Å². The average molecular weight is 399 g/mol. The SMILES string of the molecule is COc1ccc(F)cc1C(=O)CSc1nnc([C@H]2CCS(=O)(=O)C2)n1C. The lowest BCUT2D eigenvalue weighted by Gasteiger charge is -2.09. The smallest absolute Gasteiger partial charge is 0.191 e. The Kier molecular flexibility index (Phi) is 5.33. The Bertz CT molecular complexity index is 943. The third-order valence-electron chi connectivity index (χ3n) is 4.26. The van der Waals surface area contributed by atoms with Gasteiger partial charge in [0.25, 0.3) is 0 Å². The van der Waals surface area contributed by atoms with Gasteiger partial charge in [-0.15, -0.1) is 10.2 Å². The zero-order valence-electron chi connectivity index (χ0n) is 14.3. The van der Waals surface area contributed by atoms with Crippen molar-refractivity contribution < 1.29 is 22.3 Å². The molecule has 7 nitrogen and oxygen atoms in total. The van der Waals surface area contributed by atoms with Crippen LogP contribution in [0.5, 0.6) is 5.75 Å². The van der Waals surface area contributed by atoms with E-state index in [0.29, 0.717) is 23.2 Å². The molecule has 0 radical (unpaired) electrons. The molecule has 2 aromatic rings. The van der Waals surface area contributed by atoms with Crippen LogP contribution in [0.2, 0.25) is 0 Å². The van der Waals surface area contributed by atoms with Crippen LogP contribution in [0.15, 0.2) is 23.4 Å². The number of hydrogen-bond donors (Lipinski definition) is 0. The van der Waals surface area contributed by atoms with Crippen LogP contribution in [-0.2, 0) is 16.9 Å². The second-order valence-corrected chi connectivity index (χ2v) is 9.23. The number of halogens is 1. The molecule has 0 spiro atoms. The van der Waals surface area contributed by atoms with Crippen LogP contribution in [-0.4, -0.2) is 53.3 Å². The highest BCUT2D eigenvalue weighted by Crippen LogP contribution is 2.30. The summed E-state index contributed by atoms with van der Waals surface area (Å²) >= 11 is 1.17. The van der Waals surface area contributed by atoms with E-state index in [2.05, 4.69) is 10.2 Å². The minimum absolute atomic E-state index is 0.0365. The molecule has 1 aliphatic heterocycles. The zero-order chi connectivity index (χ0) is 18.9. The van der Waals surface area contributed by atoms with Gasteiger partial charge < -0.3 is 9.30 Å². The molecular weight excluding hydrogens is 381 g/mol. The number of ketones is 1. The van der Waals surface area contributed by atoms with E-state index in [1.165, 1.54) is 31.0 Å². The predicted octanol–water partition coefficient (Wildman–Crippen LogP) is 1.84. The molecule has 0 unspecified atom stereocenters. The predicted molar refractivity (Wildman–Crippen MR) is 95.0 cm³/mol. The molecule has 26 heavy (non-hydrogen) atoms. The largest absolute Gasteiger partial charge is 0.496 e. The summed E-state index contributed by atoms with van der Waals surface area (Å²) in [6, 6.07) is 3.79. The number of carbonyl (C=O) groups excluding carboxylic acids is 1. The fourth-order valence-electron chi connectivity index (χ4n) is 2.91. The van der Waals surface area contributed by atoms with Gasteiger partial charge in [0.15, 0.2) is 20.8 Å². The van der Waals surface area contributed by atoms with Crippen LogP contribution in [0.3, 0.4) is 0 Å². The Labute approximate surface area is 154 Å². The minimum atomic E-state index is -3.02. The molecule has 0 amide bonds. The summed E-state index contributed by atoms with van der Waals surface area (Å²) in [5, 5.41) is 8.66. The molecule has 0 saturated carbocycles. The second kappa shape index (κ2) is 7.36. The molecule has 2 heterocycles. The molecule has 0 N–H and O–H groups in total. The van der Waals surface area contributed by atoms with E-state index in [0.717, 1.165) is 6.07 Å². The van der Waals surface area contributed by atoms with E-state index < -0.39 is 15.7 Å². The quantitative estimate of drug-likeness (QED) is 0.541. The van der Waals surface area contributed by atoms with E-state index in [-0.39, 0.29) is 34.5 Å². The maximum Gasteiger partial charge on any atom is 0.191 e. The maximum atomic E-state index is 13.4. The Balaban J connectivity index is 1.71. The molecular formula is C16H18FN3O4S2. The van der Waals surface area contributed by atoms with Crippen molar-refractivity contribution in [3.8, 4) is 5.75 Å². The summed E-state index contributed by atoms with van der Waals surface area (Å²) in [4.78, 5) is 12.4. The third kappa shape index (κ3) is 3.90. The summed E-state index contributed by atoms with van der Waals surface area (Å²) < 4.78 is 43.5. The lowest BCUT2D eigenvalue weighted by molar-refractivity contribution is 0.101. The van der Waals surface area contributed by atoms with Gasteiger partial charge in [-0.2, -0.15) is 0 Å². The molecule has 1 atom stereocenters. The molecule has 3 rings (SSSR count). The van der Waals surface area contributed by atoms with Crippen molar-refractivity contribution in [1.29, 1.82) is 0 Å². The lowest BCUT2D eigenvalue weighted by atomic mass is 10.1. The molecule has 1 aromatic heterocycles. The van der Waals surface area contributed by atoms with Gasteiger partial charge in [0.05, 0.1) is 29.9 Å². The normalized spacial score (nSPS) is 18.8. The van der Waals surface area contributed by atoms with Crippen molar-refractivity contribution in [2.75, 3.05) is 24.4 Å². The molecule has 0 aliphatic carbocycles. The van der Waals surface area contributed by atoms with Gasteiger partial charge in [-0.1, -0.05) is 11.8 Å². The topological polar surface area (TPSA) is 91.2 Å². The summed E-state index contributed by atoms with van der Waals surface area (Å²) in [6.07, 6.45) is 0.526. The maximum absolute atomic E-state index is 13.4. The summed E-state index contributed by atoms with van der Waals surface area (Å²) in [7, 11) is 0.148. The van der Waals surface area contributed by atoms with Gasteiger partial charge in [0.1, 0.15) is 17.4 Å². The van der Waals surface area contributed by atoms with E-state index in [1.807, 2.05) is 0 Å². The number of rotatable bonds is 6. The van der Waals surface area contributed by atoms with Crippen LogP contribution >= 0.6 is 11.8 Å². The number of benzene rings is 1. The number of aromatic nitrogens is 3. The zero-order valence-corrected chi connectivity index (χ0v) is 15.9. The highest BCUT2D eigenvalue weighted by atomic mass is 32.2.